The summed E-state index contributed by atoms with van der Waals surface area (Å²) in [6.45, 7) is 0.457. The van der Waals surface area contributed by atoms with Crippen LogP contribution >= 0.6 is 0 Å². The van der Waals surface area contributed by atoms with Gasteiger partial charge < -0.3 is 24.6 Å². The number of benzene rings is 1. The molecule has 0 spiro atoms. The van der Waals surface area contributed by atoms with E-state index in [1.165, 1.54) is 14.2 Å². The van der Waals surface area contributed by atoms with E-state index in [4.69, 9.17) is 9.47 Å². The second kappa shape index (κ2) is 9.37. The monoisotopic (exact) mass is 405 g/mol. The third kappa shape index (κ3) is 4.43. The molecule has 1 saturated heterocycles. The number of hydrogen-bond donors (Lipinski definition) is 2. The number of phenols is 1. The van der Waals surface area contributed by atoms with E-state index in [0.717, 1.165) is 44.9 Å². The summed E-state index contributed by atoms with van der Waals surface area (Å²) < 4.78 is 10.6. The first-order valence-electron chi connectivity index (χ1n) is 10.5. The molecule has 2 fully saturated rings. The number of methoxy groups -OCH3 is 2. The molecule has 7 heteroatoms. The van der Waals surface area contributed by atoms with E-state index in [2.05, 4.69) is 0 Å². The number of carbonyl (C=O) groups excluding carboxylic acids is 1. The van der Waals surface area contributed by atoms with Gasteiger partial charge in [0.15, 0.2) is 11.5 Å². The summed E-state index contributed by atoms with van der Waals surface area (Å²) in [6.07, 6.45) is 7.18. The number of carbonyl (C=O) groups is 2. The maximum Gasteiger partial charge on any atom is 0.326 e. The van der Waals surface area contributed by atoms with Gasteiger partial charge in [-0.05, 0) is 55.7 Å². The van der Waals surface area contributed by atoms with Crippen molar-refractivity contribution in [1.82, 2.24) is 4.90 Å². The van der Waals surface area contributed by atoms with E-state index in [1.807, 2.05) is 0 Å². The summed E-state index contributed by atoms with van der Waals surface area (Å²) in [7, 11) is 2.94. The number of aromatic hydroxyl groups is 1. The van der Waals surface area contributed by atoms with E-state index in [0.29, 0.717) is 24.3 Å². The third-order valence-corrected chi connectivity index (χ3v) is 6.30. The first-order chi connectivity index (χ1) is 14.0. The molecule has 7 nitrogen and oxygen atoms in total. The molecule has 1 aliphatic heterocycles. The van der Waals surface area contributed by atoms with Crippen molar-refractivity contribution in [3.8, 4) is 17.2 Å². The van der Waals surface area contributed by atoms with Crippen molar-refractivity contribution in [2.24, 2.45) is 5.92 Å². The number of carboxylic acids is 1. The summed E-state index contributed by atoms with van der Waals surface area (Å²) in [5, 5.41) is 20.1. The number of amides is 1. The second-order valence-corrected chi connectivity index (χ2v) is 8.03. The Morgan fingerprint density at radius 1 is 1.03 bits per heavy atom. The minimum Gasteiger partial charge on any atom is -0.504 e. The third-order valence-electron chi connectivity index (χ3n) is 6.30. The highest BCUT2D eigenvalue weighted by Crippen LogP contribution is 2.44. The Labute approximate surface area is 171 Å². The molecule has 160 valence electrons. The van der Waals surface area contributed by atoms with Gasteiger partial charge in [-0.1, -0.05) is 19.3 Å². The smallest absolute Gasteiger partial charge is 0.326 e. The van der Waals surface area contributed by atoms with Crippen LogP contribution in [-0.2, 0) is 9.59 Å². The van der Waals surface area contributed by atoms with Crippen molar-refractivity contribution >= 4 is 11.9 Å². The van der Waals surface area contributed by atoms with Crippen molar-refractivity contribution in [2.75, 3.05) is 20.8 Å². The van der Waals surface area contributed by atoms with Gasteiger partial charge in [0.2, 0.25) is 11.7 Å². The first-order valence-corrected chi connectivity index (χ1v) is 10.5. The number of rotatable bonds is 6. The molecule has 0 bridgehead atoms. The number of aliphatic carboxylic acids is 1. The average Bonchev–Trinajstić information content (AvgIpc) is 2.74. The van der Waals surface area contributed by atoms with Crippen LogP contribution in [0.5, 0.6) is 17.2 Å². The second-order valence-electron chi connectivity index (χ2n) is 8.03. The average molecular weight is 405 g/mol. The molecule has 1 aromatic rings. The van der Waals surface area contributed by atoms with Crippen LogP contribution in [0.3, 0.4) is 0 Å². The molecule has 3 rings (SSSR count). The SMILES string of the molecule is COc1cc([C@@H](C(=O)N2CCCC[C@H]2C(=O)O)C2CCCCC2)cc(O)c1OC. The Bertz CT molecular complexity index is 743. The lowest BCUT2D eigenvalue weighted by atomic mass is 9.75. The maximum absolute atomic E-state index is 13.7. The van der Waals surface area contributed by atoms with Crippen LogP contribution in [0.2, 0.25) is 0 Å². The number of nitrogens with zero attached hydrogens (tertiary/aromatic N) is 1. The van der Waals surface area contributed by atoms with Crippen molar-refractivity contribution in [2.45, 2.75) is 63.3 Å². The summed E-state index contributed by atoms with van der Waals surface area (Å²) in [6, 6.07) is 2.53. The Hall–Kier alpha value is -2.44. The highest BCUT2D eigenvalue weighted by molar-refractivity contribution is 5.89. The lowest BCUT2D eigenvalue weighted by molar-refractivity contribution is -0.153. The standard InChI is InChI=1S/C22H31NO6/c1-28-18-13-15(12-17(24)20(18)29-2)19(14-8-4-3-5-9-14)21(25)23-11-7-6-10-16(23)22(26)27/h12-14,16,19,24H,3-11H2,1-2H3,(H,26,27)/t16-,19-/m0/s1. The number of phenolic OH excluding ortho intramolecular Hbond substituents is 1. The van der Waals surface area contributed by atoms with Gasteiger partial charge >= 0.3 is 5.97 Å². The molecule has 0 radical (unpaired) electrons. The topological polar surface area (TPSA) is 96.3 Å². The van der Waals surface area contributed by atoms with Gasteiger partial charge in [-0.15, -0.1) is 0 Å². The van der Waals surface area contributed by atoms with Gasteiger partial charge in [0.1, 0.15) is 6.04 Å². The van der Waals surface area contributed by atoms with Crippen molar-refractivity contribution in [1.29, 1.82) is 0 Å². The van der Waals surface area contributed by atoms with Crippen LogP contribution in [-0.4, -0.2) is 53.8 Å². The molecule has 1 aromatic carbocycles. The molecule has 1 saturated carbocycles. The highest BCUT2D eigenvalue weighted by Gasteiger charge is 2.40. The fraction of sp³-hybridized carbons (Fsp3) is 0.636. The minimum absolute atomic E-state index is 0.0797. The molecule has 1 amide bonds. The van der Waals surface area contributed by atoms with E-state index < -0.39 is 17.9 Å². The molecular weight excluding hydrogens is 374 g/mol. The minimum atomic E-state index is -0.949. The Kier molecular flexibility index (Phi) is 6.87. The van der Waals surface area contributed by atoms with Crippen LogP contribution in [0.15, 0.2) is 12.1 Å². The lowest BCUT2D eigenvalue weighted by Gasteiger charge is -2.38. The Morgan fingerprint density at radius 2 is 1.72 bits per heavy atom. The summed E-state index contributed by atoms with van der Waals surface area (Å²) >= 11 is 0. The quantitative estimate of drug-likeness (QED) is 0.751. The van der Waals surface area contributed by atoms with Crippen molar-refractivity contribution < 1.29 is 29.3 Å². The number of piperidine rings is 1. The molecule has 2 aliphatic rings. The molecule has 29 heavy (non-hydrogen) atoms. The maximum atomic E-state index is 13.7. The zero-order valence-corrected chi connectivity index (χ0v) is 17.2. The highest BCUT2D eigenvalue weighted by atomic mass is 16.5. The fourth-order valence-corrected chi connectivity index (χ4v) is 4.86. The van der Waals surface area contributed by atoms with Gasteiger partial charge in [0, 0.05) is 6.54 Å². The van der Waals surface area contributed by atoms with E-state index in [1.54, 1.807) is 17.0 Å². The van der Waals surface area contributed by atoms with E-state index in [-0.39, 0.29) is 23.3 Å². The van der Waals surface area contributed by atoms with Gasteiger partial charge in [-0.2, -0.15) is 0 Å². The van der Waals surface area contributed by atoms with E-state index in [9.17, 15) is 19.8 Å². The first kappa shape index (κ1) is 21.3. The van der Waals surface area contributed by atoms with Gasteiger partial charge in [0.05, 0.1) is 20.1 Å². The molecule has 1 aliphatic carbocycles. The van der Waals surface area contributed by atoms with Gasteiger partial charge in [-0.3, -0.25) is 4.79 Å². The van der Waals surface area contributed by atoms with Crippen LogP contribution in [0.1, 0.15) is 62.8 Å². The van der Waals surface area contributed by atoms with Crippen molar-refractivity contribution in [3.63, 3.8) is 0 Å². The fourth-order valence-electron chi connectivity index (χ4n) is 4.86. The van der Waals surface area contributed by atoms with Gasteiger partial charge in [0.25, 0.3) is 0 Å². The molecule has 2 atom stereocenters. The molecular formula is C22H31NO6. The summed E-state index contributed by atoms with van der Waals surface area (Å²) in [5.41, 5.74) is 0.659. The molecule has 2 N–H and O–H groups in total. The lowest BCUT2D eigenvalue weighted by Crippen LogP contribution is -2.50. The normalized spacial score (nSPS) is 21.4. The molecule has 0 unspecified atom stereocenters. The molecule has 1 heterocycles. The Balaban J connectivity index is 2.02. The summed E-state index contributed by atoms with van der Waals surface area (Å²) in [5.74, 6) is -0.974. The molecule has 0 aromatic heterocycles. The van der Waals surface area contributed by atoms with Crippen LogP contribution in [0, 0.1) is 5.92 Å². The van der Waals surface area contributed by atoms with E-state index >= 15 is 0 Å². The number of likely N-dealkylation sites (tertiary alicyclic amines) is 1. The zero-order chi connectivity index (χ0) is 21.0. The number of carboxylic acid groups (broad SMARTS) is 1. The predicted octanol–water partition coefficient (Wildman–Crippen LogP) is 3.54. The van der Waals surface area contributed by atoms with Crippen LogP contribution < -0.4 is 9.47 Å². The predicted molar refractivity (Wildman–Crippen MR) is 108 cm³/mol. The van der Waals surface area contributed by atoms with Crippen molar-refractivity contribution in [3.05, 3.63) is 17.7 Å². The van der Waals surface area contributed by atoms with Crippen LogP contribution in [0.25, 0.3) is 0 Å². The Morgan fingerprint density at radius 3 is 2.34 bits per heavy atom. The number of hydrogen-bond acceptors (Lipinski definition) is 5. The van der Waals surface area contributed by atoms with Gasteiger partial charge in [-0.25, -0.2) is 4.79 Å². The number of ether oxygens (including phenoxy) is 2. The largest absolute Gasteiger partial charge is 0.504 e. The summed E-state index contributed by atoms with van der Waals surface area (Å²) in [4.78, 5) is 27.0. The zero-order valence-electron chi connectivity index (χ0n) is 17.2. The van der Waals surface area contributed by atoms with Crippen LogP contribution in [0.4, 0.5) is 0 Å².